The van der Waals surface area contributed by atoms with Crippen molar-refractivity contribution in [3.05, 3.63) is 58.9 Å². The molecule has 0 saturated carbocycles. The number of nitrogens with zero attached hydrogens (tertiary/aromatic N) is 2. The molecule has 2 aromatic carbocycles. The van der Waals surface area contributed by atoms with E-state index in [0.29, 0.717) is 0 Å². The van der Waals surface area contributed by atoms with Crippen molar-refractivity contribution in [2.75, 3.05) is 5.32 Å². The van der Waals surface area contributed by atoms with Gasteiger partial charge in [-0.1, -0.05) is 6.07 Å². The quantitative estimate of drug-likeness (QED) is 0.909. The van der Waals surface area contributed by atoms with Gasteiger partial charge in [0.25, 0.3) is 0 Å². The first-order chi connectivity index (χ1) is 9.56. The first-order valence-electron chi connectivity index (χ1n) is 5.41. The summed E-state index contributed by atoms with van der Waals surface area (Å²) in [5, 5.41) is 19.8. The van der Waals surface area contributed by atoms with Gasteiger partial charge in [-0.25, -0.2) is 13.2 Å². The van der Waals surface area contributed by atoms with Gasteiger partial charge in [-0.2, -0.15) is 10.5 Å². The Kier molecular flexibility index (Phi) is 3.58. The number of hydrogen-bond acceptors (Lipinski definition) is 3. The van der Waals surface area contributed by atoms with Crippen molar-refractivity contribution >= 4 is 11.4 Å². The van der Waals surface area contributed by atoms with Gasteiger partial charge in [0, 0.05) is 0 Å². The van der Waals surface area contributed by atoms with E-state index in [-0.39, 0.29) is 16.8 Å². The number of anilines is 2. The van der Waals surface area contributed by atoms with Crippen molar-refractivity contribution in [1.82, 2.24) is 0 Å². The second-order valence-corrected chi connectivity index (χ2v) is 3.83. The standard InChI is InChI=1S/C14H6F3N3/c15-10-2-1-3-13(9(10)7-19)20-14-11(16)4-8(6-18)5-12(14)17/h1-5,20H. The highest BCUT2D eigenvalue weighted by molar-refractivity contribution is 5.68. The molecule has 0 aliphatic rings. The molecule has 0 spiro atoms. The largest absolute Gasteiger partial charge is 0.350 e. The second kappa shape index (κ2) is 5.33. The third-order valence-corrected chi connectivity index (χ3v) is 2.56. The Morgan fingerprint density at radius 2 is 1.55 bits per heavy atom. The van der Waals surface area contributed by atoms with Crippen LogP contribution in [-0.4, -0.2) is 0 Å². The van der Waals surface area contributed by atoms with E-state index < -0.39 is 23.1 Å². The zero-order chi connectivity index (χ0) is 14.7. The first-order valence-corrected chi connectivity index (χ1v) is 5.41. The van der Waals surface area contributed by atoms with Crippen LogP contribution in [0, 0.1) is 40.1 Å². The lowest BCUT2D eigenvalue weighted by atomic mass is 10.1. The molecule has 0 fully saturated rings. The minimum absolute atomic E-state index is 0.0602. The van der Waals surface area contributed by atoms with E-state index in [1.54, 1.807) is 12.1 Å². The number of nitriles is 2. The fraction of sp³-hybridized carbons (Fsp3) is 0. The predicted molar refractivity (Wildman–Crippen MR) is 65.5 cm³/mol. The lowest BCUT2D eigenvalue weighted by Gasteiger charge is -2.10. The van der Waals surface area contributed by atoms with Gasteiger partial charge in [0.1, 0.15) is 23.1 Å². The molecule has 0 aromatic heterocycles. The van der Waals surface area contributed by atoms with Gasteiger partial charge in [-0.05, 0) is 24.3 Å². The van der Waals surface area contributed by atoms with E-state index in [1.807, 2.05) is 0 Å². The van der Waals surface area contributed by atoms with E-state index in [1.165, 1.54) is 12.1 Å². The minimum Gasteiger partial charge on any atom is -0.350 e. The Labute approximate surface area is 112 Å². The van der Waals surface area contributed by atoms with Crippen molar-refractivity contribution in [3.63, 3.8) is 0 Å². The Morgan fingerprint density at radius 3 is 2.10 bits per heavy atom. The smallest absolute Gasteiger partial charge is 0.150 e. The molecular weight excluding hydrogens is 267 g/mol. The highest BCUT2D eigenvalue weighted by atomic mass is 19.1. The minimum atomic E-state index is -1.00. The molecule has 98 valence electrons. The predicted octanol–water partition coefficient (Wildman–Crippen LogP) is 3.59. The van der Waals surface area contributed by atoms with Gasteiger partial charge in [0.2, 0.25) is 0 Å². The fourth-order valence-electron chi connectivity index (χ4n) is 1.63. The van der Waals surface area contributed by atoms with Crippen LogP contribution in [0.3, 0.4) is 0 Å². The van der Waals surface area contributed by atoms with E-state index in [9.17, 15) is 13.2 Å². The highest BCUT2D eigenvalue weighted by Gasteiger charge is 2.14. The summed E-state index contributed by atoms with van der Waals surface area (Å²) >= 11 is 0. The normalized spacial score (nSPS) is 9.65. The van der Waals surface area contributed by atoms with Crippen molar-refractivity contribution in [1.29, 1.82) is 10.5 Å². The first kappa shape index (κ1) is 13.4. The van der Waals surface area contributed by atoms with Crippen molar-refractivity contribution < 1.29 is 13.2 Å². The molecule has 0 aliphatic heterocycles. The summed E-state index contributed by atoms with van der Waals surface area (Å²) in [5.74, 6) is -2.81. The summed E-state index contributed by atoms with van der Waals surface area (Å²) in [6.07, 6.45) is 0. The molecule has 0 heterocycles. The highest BCUT2D eigenvalue weighted by Crippen LogP contribution is 2.27. The molecule has 0 saturated heterocycles. The molecule has 3 nitrogen and oxygen atoms in total. The summed E-state index contributed by atoms with van der Waals surface area (Å²) in [7, 11) is 0. The van der Waals surface area contributed by atoms with Gasteiger partial charge < -0.3 is 5.32 Å². The van der Waals surface area contributed by atoms with Gasteiger partial charge in [0.05, 0.1) is 17.3 Å². The maximum absolute atomic E-state index is 13.7. The van der Waals surface area contributed by atoms with E-state index >= 15 is 0 Å². The molecule has 0 amide bonds. The number of hydrogen-bond donors (Lipinski definition) is 1. The summed E-state index contributed by atoms with van der Waals surface area (Å²) in [4.78, 5) is 0. The molecule has 20 heavy (non-hydrogen) atoms. The van der Waals surface area contributed by atoms with Crippen molar-refractivity contribution in [3.8, 4) is 12.1 Å². The van der Waals surface area contributed by atoms with Crippen LogP contribution in [0.15, 0.2) is 30.3 Å². The van der Waals surface area contributed by atoms with Gasteiger partial charge >= 0.3 is 0 Å². The molecule has 6 heteroatoms. The number of rotatable bonds is 2. The van der Waals surface area contributed by atoms with E-state index in [0.717, 1.165) is 18.2 Å². The van der Waals surface area contributed by atoms with Crippen molar-refractivity contribution in [2.45, 2.75) is 0 Å². The van der Waals surface area contributed by atoms with Crippen LogP contribution < -0.4 is 5.32 Å². The van der Waals surface area contributed by atoms with E-state index in [2.05, 4.69) is 5.32 Å². The molecule has 1 N–H and O–H groups in total. The van der Waals surface area contributed by atoms with Crippen LogP contribution in [0.4, 0.5) is 24.5 Å². The molecule has 0 radical (unpaired) electrons. The summed E-state index contributed by atoms with van der Waals surface area (Å²) in [6.45, 7) is 0. The maximum Gasteiger partial charge on any atom is 0.150 e. The van der Waals surface area contributed by atoms with Gasteiger partial charge in [-0.15, -0.1) is 0 Å². The molecule has 0 bridgehead atoms. The summed E-state index contributed by atoms with van der Waals surface area (Å²) in [6, 6.07) is 8.60. The monoisotopic (exact) mass is 273 g/mol. The zero-order valence-electron chi connectivity index (χ0n) is 9.92. The Bertz CT molecular complexity index is 734. The molecule has 0 unspecified atom stereocenters. The Morgan fingerprint density at radius 1 is 0.900 bits per heavy atom. The van der Waals surface area contributed by atoms with Gasteiger partial charge in [0.15, 0.2) is 11.6 Å². The number of nitrogens with one attached hydrogen (secondary N) is 1. The van der Waals surface area contributed by atoms with Crippen LogP contribution in [0.25, 0.3) is 0 Å². The van der Waals surface area contributed by atoms with Gasteiger partial charge in [-0.3, -0.25) is 0 Å². The summed E-state index contributed by atoms with van der Waals surface area (Å²) < 4.78 is 40.8. The second-order valence-electron chi connectivity index (χ2n) is 3.83. The van der Waals surface area contributed by atoms with Crippen LogP contribution in [0.2, 0.25) is 0 Å². The molecule has 0 atom stereocenters. The summed E-state index contributed by atoms with van der Waals surface area (Å²) in [5.41, 5.74) is -1.14. The SMILES string of the molecule is N#Cc1cc(F)c(Nc2cccc(F)c2C#N)c(F)c1. The van der Waals surface area contributed by atoms with Crippen LogP contribution >= 0.6 is 0 Å². The molecule has 2 aromatic rings. The van der Waals surface area contributed by atoms with E-state index in [4.69, 9.17) is 10.5 Å². The molecular formula is C14H6F3N3. The number of benzene rings is 2. The van der Waals surface area contributed by atoms with Crippen LogP contribution in [0.1, 0.15) is 11.1 Å². The fourth-order valence-corrected chi connectivity index (χ4v) is 1.63. The zero-order valence-corrected chi connectivity index (χ0v) is 9.92. The Balaban J connectivity index is 2.50. The molecule has 0 aliphatic carbocycles. The average molecular weight is 273 g/mol. The topological polar surface area (TPSA) is 59.6 Å². The molecule has 2 rings (SSSR count). The maximum atomic E-state index is 13.7. The van der Waals surface area contributed by atoms with Crippen LogP contribution in [0.5, 0.6) is 0 Å². The van der Waals surface area contributed by atoms with Crippen molar-refractivity contribution in [2.24, 2.45) is 0 Å². The third kappa shape index (κ3) is 2.40. The lowest BCUT2D eigenvalue weighted by Crippen LogP contribution is -2.01. The third-order valence-electron chi connectivity index (χ3n) is 2.56. The van der Waals surface area contributed by atoms with Crippen LogP contribution in [-0.2, 0) is 0 Å². The Hall–Kier alpha value is -2.99. The number of halogens is 3. The lowest BCUT2D eigenvalue weighted by molar-refractivity contribution is 0.589. The average Bonchev–Trinajstić information content (AvgIpc) is 2.42.